The molecule has 1 aromatic carbocycles. The third kappa shape index (κ3) is 3.19. The van der Waals surface area contributed by atoms with E-state index in [2.05, 4.69) is 6.07 Å². The summed E-state index contributed by atoms with van der Waals surface area (Å²) in [6, 6.07) is 2.11. The molecular weight excluding hydrogens is 212 g/mol. The summed E-state index contributed by atoms with van der Waals surface area (Å²) in [5, 5.41) is 0. The van der Waals surface area contributed by atoms with E-state index in [1.54, 1.807) is 0 Å². The Kier molecular flexibility index (Phi) is 4.11. The normalized spacial score (nSPS) is 10.0. The minimum Gasteiger partial charge on any atom is -0.423 e. The molecule has 0 saturated heterocycles. The summed E-state index contributed by atoms with van der Waals surface area (Å²) in [7, 11) is 0. The molecule has 0 saturated carbocycles. The molecule has 1 aromatic rings. The van der Waals surface area contributed by atoms with Crippen molar-refractivity contribution in [1.82, 2.24) is 0 Å². The van der Waals surface area contributed by atoms with Gasteiger partial charge in [0.2, 0.25) is 0 Å². The van der Waals surface area contributed by atoms with E-state index >= 15 is 0 Å². The third-order valence-corrected chi connectivity index (χ3v) is 2.91. The second kappa shape index (κ2) is 5.17. The number of rotatable bonds is 2. The lowest BCUT2D eigenvalue weighted by atomic mass is 10.0. The summed E-state index contributed by atoms with van der Waals surface area (Å²) in [5.74, 6) is 0.395. The maximum Gasteiger partial charge on any atom is 0.336 e. The topological polar surface area (TPSA) is 26.3 Å². The Labute approximate surface area is 103 Å². The SMILES string of the molecule is CC(C)=CC(=O)Oc1c(C)c(C)cc(C)c1C. The average Bonchev–Trinajstić information content (AvgIpc) is 2.20. The van der Waals surface area contributed by atoms with E-state index in [1.165, 1.54) is 6.08 Å². The van der Waals surface area contributed by atoms with Crippen LogP contribution in [0.15, 0.2) is 17.7 Å². The molecule has 0 fully saturated rings. The molecule has 0 heterocycles. The van der Waals surface area contributed by atoms with Crippen molar-refractivity contribution >= 4 is 5.97 Å². The number of carbonyl (C=O) groups excluding carboxylic acids is 1. The van der Waals surface area contributed by atoms with Crippen LogP contribution in [-0.2, 0) is 4.79 Å². The molecule has 2 heteroatoms. The molecule has 0 aliphatic carbocycles. The first kappa shape index (κ1) is 13.5. The van der Waals surface area contributed by atoms with Gasteiger partial charge in [-0.1, -0.05) is 11.6 Å². The summed E-state index contributed by atoms with van der Waals surface area (Å²) in [4.78, 5) is 11.7. The van der Waals surface area contributed by atoms with Gasteiger partial charge in [0.25, 0.3) is 0 Å². The predicted molar refractivity (Wildman–Crippen MR) is 70.5 cm³/mol. The van der Waals surface area contributed by atoms with Crippen molar-refractivity contribution < 1.29 is 9.53 Å². The van der Waals surface area contributed by atoms with E-state index in [0.717, 1.165) is 27.8 Å². The van der Waals surface area contributed by atoms with Gasteiger partial charge in [-0.25, -0.2) is 4.79 Å². The lowest BCUT2D eigenvalue weighted by Crippen LogP contribution is -2.08. The van der Waals surface area contributed by atoms with Crippen LogP contribution in [0.2, 0.25) is 0 Å². The van der Waals surface area contributed by atoms with Gasteiger partial charge in [0.05, 0.1) is 0 Å². The van der Waals surface area contributed by atoms with Crippen LogP contribution in [0.5, 0.6) is 5.75 Å². The van der Waals surface area contributed by atoms with E-state index in [1.807, 2.05) is 41.5 Å². The number of aryl methyl sites for hydroxylation is 2. The molecule has 0 bridgehead atoms. The quantitative estimate of drug-likeness (QED) is 0.440. The molecule has 0 radical (unpaired) electrons. The molecule has 0 aliphatic rings. The highest BCUT2D eigenvalue weighted by Crippen LogP contribution is 2.29. The lowest BCUT2D eigenvalue weighted by molar-refractivity contribution is -0.129. The van der Waals surface area contributed by atoms with Gasteiger partial charge in [0.1, 0.15) is 5.75 Å². The number of hydrogen-bond acceptors (Lipinski definition) is 2. The highest BCUT2D eigenvalue weighted by molar-refractivity contribution is 5.85. The molecule has 0 N–H and O–H groups in total. The molecule has 2 nitrogen and oxygen atoms in total. The Morgan fingerprint density at radius 2 is 1.53 bits per heavy atom. The van der Waals surface area contributed by atoms with Gasteiger partial charge in [-0.3, -0.25) is 0 Å². The number of allylic oxidation sites excluding steroid dienone is 1. The largest absolute Gasteiger partial charge is 0.423 e. The second-order valence-electron chi connectivity index (χ2n) is 4.73. The number of benzene rings is 1. The molecule has 0 spiro atoms. The molecule has 0 atom stereocenters. The van der Waals surface area contributed by atoms with Crippen molar-refractivity contribution in [3.05, 3.63) is 40.0 Å². The van der Waals surface area contributed by atoms with Crippen molar-refractivity contribution in [1.29, 1.82) is 0 Å². The minimum atomic E-state index is -0.304. The molecule has 0 unspecified atom stereocenters. The van der Waals surface area contributed by atoms with Gasteiger partial charge in [0, 0.05) is 6.08 Å². The van der Waals surface area contributed by atoms with Gasteiger partial charge in [-0.15, -0.1) is 0 Å². The Balaban J connectivity index is 3.15. The molecular formula is C15H20O2. The van der Waals surface area contributed by atoms with Crippen molar-refractivity contribution in [2.24, 2.45) is 0 Å². The minimum absolute atomic E-state index is 0.304. The molecule has 1 rings (SSSR count). The Bertz CT molecular complexity index is 452. The van der Waals surface area contributed by atoms with E-state index in [-0.39, 0.29) is 5.97 Å². The van der Waals surface area contributed by atoms with E-state index < -0.39 is 0 Å². The van der Waals surface area contributed by atoms with Gasteiger partial charge in [-0.05, 0) is 63.8 Å². The fourth-order valence-corrected chi connectivity index (χ4v) is 1.70. The lowest BCUT2D eigenvalue weighted by Gasteiger charge is -2.14. The number of hydrogen-bond donors (Lipinski definition) is 0. The van der Waals surface area contributed by atoms with Crippen molar-refractivity contribution in [2.75, 3.05) is 0 Å². The monoisotopic (exact) mass is 232 g/mol. The van der Waals surface area contributed by atoms with E-state index in [9.17, 15) is 4.79 Å². The maximum atomic E-state index is 11.7. The van der Waals surface area contributed by atoms with Crippen molar-refractivity contribution in [2.45, 2.75) is 41.5 Å². The second-order valence-corrected chi connectivity index (χ2v) is 4.73. The average molecular weight is 232 g/mol. The van der Waals surface area contributed by atoms with Crippen LogP contribution in [0.25, 0.3) is 0 Å². The Morgan fingerprint density at radius 3 is 1.94 bits per heavy atom. The van der Waals surface area contributed by atoms with Crippen molar-refractivity contribution in [3.8, 4) is 5.75 Å². The molecule has 0 aliphatic heterocycles. The molecule has 17 heavy (non-hydrogen) atoms. The van der Waals surface area contributed by atoms with Gasteiger partial charge in [-0.2, -0.15) is 0 Å². The summed E-state index contributed by atoms with van der Waals surface area (Å²) < 4.78 is 5.43. The maximum absolute atomic E-state index is 11.7. The first-order chi connectivity index (χ1) is 7.82. The zero-order valence-electron chi connectivity index (χ0n) is 11.5. The molecule has 92 valence electrons. The highest BCUT2D eigenvalue weighted by Gasteiger charge is 2.12. The van der Waals surface area contributed by atoms with Crippen LogP contribution in [0.3, 0.4) is 0 Å². The van der Waals surface area contributed by atoms with Crippen LogP contribution in [0.1, 0.15) is 36.1 Å². The molecule has 0 aromatic heterocycles. The summed E-state index contributed by atoms with van der Waals surface area (Å²) in [6.07, 6.45) is 1.51. The van der Waals surface area contributed by atoms with Crippen LogP contribution in [0, 0.1) is 27.7 Å². The molecule has 0 amide bonds. The van der Waals surface area contributed by atoms with Gasteiger partial charge < -0.3 is 4.74 Å². The fraction of sp³-hybridized carbons (Fsp3) is 0.400. The van der Waals surface area contributed by atoms with Crippen LogP contribution < -0.4 is 4.74 Å². The smallest absolute Gasteiger partial charge is 0.336 e. The zero-order chi connectivity index (χ0) is 13.2. The first-order valence-corrected chi connectivity index (χ1v) is 5.77. The summed E-state index contributed by atoms with van der Waals surface area (Å²) in [6.45, 7) is 11.8. The first-order valence-electron chi connectivity index (χ1n) is 5.77. The van der Waals surface area contributed by atoms with Gasteiger partial charge >= 0.3 is 5.97 Å². The van der Waals surface area contributed by atoms with E-state index in [4.69, 9.17) is 4.74 Å². The number of ether oxygens (including phenoxy) is 1. The van der Waals surface area contributed by atoms with Gasteiger partial charge in [0.15, 0.2) is 0 Å². The predicted octanol–water partition coefficient (Wildman–Crippen LogP) is 3.79. The van der Waals surface area contributed by atoms with Crippen LogP contribution in [0.4, 0.5) is 0 Å². The number of carbonyl (C=O) groups is 1. The third-order valence-electron chi connectivity index (χ3n) is 2.91. The standard InChI is InChI=1S/C15H20O2/c1-9(2)7-14(16)17-15-12(5)10(3)8-11(4)13(15)6/h7-8H,1-6H3. The van der Waals surface area contributed by atoms with Crippen molar-refractivity contribution in [3.63, 3.8) is 0 Å². The highest BCUT2D eigenvalue weighted by atomic mass is 16.5. The fourth-order valence-electron chi connectivity index (χ4n) is 1.70. The van der Waals surface area contributed by atoms with E-state index in [0.29, 0.717) is 5.75 Å². The zero-order valence-corrected chi connectivity index (χ0v) is 11.5. The Hall–Kier alpha value is -1.57. The summed E-state index contributed by atoms with van der Waals surface area (Å²) in [5.41, 5.74) is 5.29. The Morgan fingerprint density at radius 1 is 1.06 bits per heavy atom. The van der Waals surface area contributed by atoms with Crippen LogP contribution in [-0.4, -0.2) is 5.97 Å². The summed E-state index contributed by atoms with van der Waals surface area (Å²) >= 11 is 0. The van der Waals surface area contributed by atoms with Crippen LogP contribution >= 0.6 is 0 Å². The number of esters is 1.